The monoisotopic (exact) mass is 476 g/mol. The molecule has 0 saturated carbocycles. The average Bonchev–Trinajstić information content (AvgIpc) is 3.35. The highest BCUT2D eigenvalue weighted by Gasteiger charge is 2.46. The summed E-state index contributed by atoms with van der Waals surface area (Å²) < 4.78 is 0. The summed E-state index contributed by atoms with van der Waals surface area (Å²) in [5, 5.41) is 0.536. The van der Waals surface area contributed by atoms with E-state index in [1.54, 1.807) is 11.1 Å². The number of piperidine rings is 1. The van der Waals surface area contributed by atoms with Gasteiger partial charge in [0.05, 0.1) is 18.4 Å². The number of carbonyl (C=O) groups is 1. The molecule has 0 bridgehead atoms. The van der Waals surface area contributed by atoms with Crippen LogP contribution in [-0.2, 0) is 19.4 Å². The van der Waals surface area contributed by atoms with Crippen LogP contribution in [0.2, 0.25) is 0 Å². The molecule has 9 nitrogen and oxygen atoms in total. The Morgan fingerprint density at radius 3 is 2.68 bits per heavy atom. The Balaban J connectivity index is 1.14. The van der Waals surface area contributed by atoms with Crippen molar-refractivity contribution in [1.82, 2.24) is 19.9 Å². The third kappa shape index (κ3) is 3.40. The first-order valence-corrected chi connectivity index (χ1v) is 12.5. The molecule has 1 amide bonds. The fourth-order valence-electron chi connectivity index (χ4n) is 5.74. The Bertz CT molecular complexity index is 1270. The Morgan fingerprint density at radius 1 is 1.12 bits per heavy atom. The SMILES string of the molecule is Nc1nc2c(s1)CN(C(=O)c1ncc(N3CCC4(CC3)Cc3ccccc3C4N)nc1N)CC2. The molecule has 1 atom stereocenters. The molecule has 6 rings (SSSR count). The van der Waals surface area contributed by atoms with E-state index in [1.807, 2.05) is 0 Å². The molecule has 10 heteroatoms. The van der Waals surface area contributed by atoms with Crippen LogP contribution in [0.5, 0.6) is 0 Å². The van der Waals surface area contributed by atoms with Gasteiger partial charge in [-0.25, -0.2) is 15.0 Å². The number of hydrogen-bond donors (Lipinski definition) is 3. The van der Waals surface area contributed by atoms with Gasteiger partial charge in [-0.3, -0.25) is 4.79 Å². The van der Waals surface area contributed by atoms with E-state index in [-0.39, 0.29) is 28.9 Å². The lowest BCUT2D eigenvalue weighted by Crippen LogP contribution is -2.44. The van der Waals surface area contributed by atoms with Gasteiger partial charge in [0.1, 0.15) is 5.82 Å². The number of rotatable bonds is 2. The van der Waals surface area contributed by atoms with E-state index in [9.17, 15) is 4.79 Å². The molecular formula is C24H28N8OS. The number of anilines is 3. The lowest BCUT2D eigenvalue weighted by molar-refractivity contribution is 0.0731. The summed E-state index contributed by atoms with van der Waals surface area (Å²) in [7, 11) is 0. The minimum absolute atomic E-state index is 0.0703. The molecule has 2 aliphatic heterocycles. The number of fused-ring (bicyclic) bond motifs is 2. The first kappa shape index (κ1) is 21.3. The van der Waals surface area contributed by atoms with Crippen LogP contribution in [0.1, 0.15) is 51.1 Å². The maximum atomic E-state index is 13.1. The molecule has 3 aliphatic rings. The molecule has 1 aromatic carbocycles. The van der Waals surface area contributed by atoms with Gasteiger partial charge in [0.2, 0.25) is 0 Å². The minimum atomic E-state index is -0.207. The van der Waals surface area contributed by atoms with E-state index in [0.29, 0.717) is 30.5 Å². The maximum absolute atomic E-state index is 13.1. The van der Waals surface area contributed by atoms with Crippen LogP contribution in [0.3, 0.4) is 0 Å². The summed E-state index contributed by atoms with van der Waals surface area (Å²) in [6, 6.07) is 8.60. The van der Waals surface area contributed by atoms with Gasteiger partial charge in [0.15, 0.2) is 16.6 Å². The Labute approximate surface area is 202 Å². The number of nitrogens with two attached hydrogens (primary N) is 3. The molecule has 1 aliphatic carbocycles. The second-order valence-electron chi connectivity index (χ2n) is 9.56. The molecule has 6 N–H and O–H groups in total. The summed E-state index contributed by atoms with van der Waals surface area (Å²) in [5.41, 5.74) is 22.7. The first-order chi connectivity index (χ1) is 16.4. The van der Waals surface area contributed by atoms with Gasteiger partial charge in [-0.15, -0.1) is 11.3 Å². The van der Waals surface area contributed by atoms with Crippen molar-refractivity contribution in [2.45, 2.75) is 38.3 Å². The molecule has 3 aromatic rings. The van der Waals surface area contributed by atoms with Gasteiger partial charge in [-0.2, -0.15) is 0 Å². The van der Waals surface area contributed by atoms with Gasteiger partial charge in [-0.1, -0.05) is 24.3 Å². The number of hydrogen-bond acceptors (Lipinski definition) is 9. The fourth-order valence-corrected chi connectivity index (χ4v) is 6.63. The van der Waals surface area contributed by atoms with Crippen molar-refractivity contribution in [2.75, 3.05) is 36.0 Å². The van der Waals surface area contributed by atoms with Crippen LogP contribution in [0.15, 0.2) is 30.5 Å². The van der Waals surface area contributed by atoms with Crippen molar-refractivity contribution >= 4 is 34.0 Å². The van der Waals surface area contributed by atoms with Gasteiger partial charge in [-0.05, 0) is 35.8 Å². The molecule has 34 heavy (non-hydrogen) atoms. The largest absolute Gasteiger partial charge is 0.382 e. The highest BCUT2D eigenvalue weighted by molar-refractivity contribution is 7.15. The fraction of sp³-hybridized carbons (Fsp3) is 0.417. The molecule has 4 heterocycles. The van der Waals surface area contributed by atoms with Crippen LogP contribution in [-0.4, -0.2) is 45.4 Å². The second-order valence-corrected chi connectivity index (χ2v) is 10.7. The molecule has 0 radical (unpaired) electrons. The zero-order chi connectivity index (χ0) is 23.4. The van der Waals surface area contributed by atoms with E-state index >= 15 is 0 Å². The molecular weight excluding hydrogens is 448 g/mol. The highest BCUT2D eigenvalue weighted by Crippen LogP contribution is 2.50. The summed E-state index contributed by atoms with van der Waals surface area (Å²) in [4.78, 5) is 31.4. The number of carbonyl (C=O) groups excluding carboxylic acids is 1. The topological polar surface area (TPSA) is 140 Å². The van der Waals surface area contributed by atoms with E-state index in [0.717, 1.165) is 42.9 Å². The molecule has 2 aromatic heterocycles. The number of aromatic nitrogens is 3. The Kier molecular flexibility index (Phi) is 4.96. The quantitative estimate of drug-likeness (QED) is 0.511. The third-order valence-corrected chi connectivity index (χ3v) is 8.61. The minimum Gasteiger partial charge on any atom is -0.382 e. The third-order valence-electron chi connectivity index (χ3n) is 7.70. The zero-order valence-electron chi connectivity index (χ0n) is 18.9. The van der Waals surface area contributed by atoms with Crippen molar-refractivity contribution in [1.29, 1.82) is 0 Å². The summed E-state index contributed by atoms with van der Waals surface area (Å²) >= 11 is 1.43. The molecule has 1 saturated heterocycles. The molecule has 1 spiro atoms. The van der Waals surface area contributed by atoms with Gasteiger partial charge in [0, 0.05) is 37.0 Å². The van der Waals surface area contributed by atoms with Crippen LogP contribution in [0.25, 0.3) is 0 Å². The predicted octanol–water partition coefficient (Wildman–Crippen LogP) is 2.14. The smallest absolute Gasteiger partial charge is 0.276 e. The van der Waals surface area contributed by atoms with Gasteiger partial charge >= 0.3 is 0 Å². The van der Waals surface area contributed by atoms with E-state index in [2.05, 4.69) is 44.1 Å². The number of benzene rings is 1. The Morgan fingerprint density at radius 2 is 1.91 bits per heavy atom. The van der Waals surface area contributed by atoms with Crippen LogP contribution >= 0.6 is 11.3 Å². The molecule has 1 unspecified atom stereocenters. The molecule has 1 fully saturated rings. The van der Waals surface area contributed by atoms with E-state index < -0.39 is 0 Å². The number of nitrogens with zero attached hydrogens (tertiary/aromatic N) is 5. The zero-order valence-corrected chi connectivity index (χ0v) is 19.7. The summed E-state index contributed by atoms with van der Waals surface area (Å²) in [6.07, 6.45) is 5.35. The van der Waals surface area contributed by atoms with E-state index in [4.69, 9.17) is 17.2 Å². The number of nitrogen functional groups attached to an aromatic ring is 2. The number of thiazole rings is 1. The summed E-state index contributed by atoms with van der Waals surface area (Å²) in [5.74, 6) is 0.674. The van der Waals surface area contributed by atoms with Crippen molar-refractivity contribution in [3.8, 4) is 0 Å². The maximum Gasteiger partial charge on any atom is 0.276 e. The van der Waals surface area contributed by atoms with Crippen molar-refractivity contribution in [3.05, 3.63) is 57.9 Å². The normalized spacial score (nSPS) is 20.9. The van der Waals surface area contributed by atoms with E-state index in [1.165, 1.54) is 22.5 Å². The Hall–Kier alpha value is -3.24. The first-order valence-electron chi connectivity index (χ1n) is 11.7. The van der Waals surface area contributed by atoms with Crippen molar-refractivity contribution < 1.29 is 4.79 Å². The standard InChI is InChI=1S/C24H28N8OS/c25-20-15-4-2-1-3-14(15)11-24(20)6-9-31(10-7-24)18-12-28-19(21(26)30-18)22(33)32-8-5-16-17(13-32)34-23(27)29-16/h1-4,12,20H,5-11,13,25H2,(H2,26,30)(H2,27,29). The molecule has 176 valence electrons. The van der Waals surface area contributed by atoms with Gasteiger partial charge in [0.25, 0.3) is 5.91 Å². The highest BCUT2D eigenvalue weighted by atomic mass is 32.1. The van der Waals surface area contributed by atoms with Gasteiger partial charge < -0.3 is 27.0 Å². The lowest BCUT2D eigenvalue weighted by atomic mass is 9.73. The van der Waals surface area contributed by atoms with Crippen molar-refractivity contribution in [3.63, 3.8) is 0 Å². The number of amides is 1. The average molecular weight is 477 g/mol. The lowest BCUT2D eigenvalue weighted by Gasteiger charge is -2.42. The summed E-state index contributed by atoms with van der Waals surface area (Å²) in [6.45, 7) is 2.72. The van der Waals surface area contributed by atoms with Crippen LogP contribution in [0, 0.1) is 5.41 Å². The van der Waals surface area contributed by atoms with Crippen molar-refractivity contribution in [2.24, 2.45) is 11.1 Å². The predicted molar refractivity (Wildman–Crippen MR) is 132 cm³/mol. The second kappa shape index (κ2) is 7.92. The van der Waals surface area contributed by atoms with Crippen LogP contribution in [0.4, 0.5) is 16.8 Å². The van der Waals surface area contributed by atoms with Crippen LogP contribution < -0.4 is 22.1 Å².